The predicted octanol–water partition coefficient (Wildman–Crippen LogP) is -0.425. The third-order valence-corrected chi connectivity index (χ3v) is 1.14. The Balaban J connectivity index is 2.50. The fraction of sp³-hybridized carbons (Fsp3) is 0.333. The molecule has 1 aromatic heterocycles. The molecule has 0 radical (unpaired) electrons. The number of aromatic nitrogens is 2. The maximum absolute atomic E-state index is 9.75. The lowest BCUT2D eigenvalue weighted by Crippen LogP contribution is -1.91. The number of imidazole rings is 1. The van der Waals surface area contributed by atoms with E-state index < -0.39 is 0 Å². The highest BCUT2D eigenvalue weighted by molar-refractivity contribution is 5.37. The summed E-state index contributed by atoms with van der Waals surface area (Å²) in [7, 11) is 0. The number of nitrogens with one attached hydrogen (secondary N) is 1. The molecule has 2 N–H and O–H groups in total. The van der Waals surface area contributed by atoms with Crippen molar-refractivity contribution in [2.24, 2.45) is 0 Å². The van der Waals surface area contributed by atoms with Crippen LogP contribution in [-0.2, 0) is 22.7 Å². The van der Waals surface area contributed by atoms with Crippen LogP contribution in [0.4, 0.5) is 0 Å². The second-order valence-corrected chi connectivity index (χ2v) is 1.92. The Bertz CT molecular complexity index is 233. The first kappa shape index (κ1) is 7.74. The van der Waals surface area contributed by atoms with Gasteiger partial charge in [-0.3, -0.25) is 4.79 Å². The van der Waals surface area contributed by atoms with Gasteiger partial charge in [0.05, 0.1) is 11.9 Å². The van der Waals surface area contributed by atoms with Gasteiger partial charge in [0.2, 0.25) is 0 Å². The van der Waals surface area contributed by atoms with Crippen molar-refractivity contribution in [3.63, 3.8) is 0 Å². The highest BCUT2D eigenvalue weighted by Gasteiger charge is 1.97. The Labute approximate surface area is 63.0 Å². The SMILES string of the molecule is O=COCc1cnc(CO)[nH]1. The topological polar surface area (TPSA) is 75.2 Å². The zero-order valence-electron chi connectivity index (χ0n) is 5.78. The van der Waals surface area contributed by atoms with Gasteiger partial charge in [-0.1, -0.05) is 0 Å². The van der Waals surface area contributed by atoms with E-state index in [1.807, 2.05) is 0 Å². The van der Waals surface area contributed by atoms with Crippen molar-refractivity contribution in [1.82, 2.24) is 9.97 Å². The molecule has 0 atom stereocenters. The van der Waals surface area contributed by atoms with Crippen LogP contribution in [0.25, 0.3) is 0 Å². The van der Waals surface area contributed by atoms with Crippen molar-refractivity contribution in [2.75, 3.05) is 0 Å². The molecule has 0 amide bonds. The van der Waals surface area contributed by atoms with Gasteiger partial charge in [0.1, 0.15) is 19.0 Å². The van der Waals surface area contributed by atoms with E-state index in [-0.39, 0.29) is 13.2 Å². The van der Waals surface area contributed by atoms with Crippen LogP contribution in [0.1, 0.15) is 11.5 Å². The summed E-state index contributed by atoms with van der Waals surface area (Å²) >= 11 is 0. The van der Waals surface area contributed by atoms with Gasteiger partial charge >= 0.3 is 0 Å². The number of aliphatic hydroxyl groups excluding tert-OH is 1. The summed E-state index contributed by atoms with van der Waals surface area (Å²) in [5, 5.41) is 8.57. The molecule has 1 aromatic rings. The molecule has 0 unspecified atom stereocenters. The van der Waals surface area contributed by atoms with E-state index in [9.17, 15) is 4.79 Å². The van der Waals surface area contributed by atoms with Gasteiger partial charge in [-0.15, -0.1) is 0 Å². The van der Waals surface area contributed by atoms with Crippen LogP contribution in [0.3, 0.4) is 0 Å². The van der Waals surface area contributed by atoms with E-state index in [4.69, 9.17) is 5.11 Å². The van der Waals surface area contributed by atoms with Crippen molar-refractivity contribution < 1.29 is 14.6 Å². The Hall–Kier alpha value is -1.36. The van der Waals surface area contributed by atoms with E-state index in [0.29, 0.717) is 18.0 Å². The average Bonchev–Trinajstić information content (AvgIpc) is 2.48. The largest absolute Gasteiger partial charge is 0.461 e. The molecule has 0 saturated carbocycles. The van der Waals surface area contributed by atoms with Gasteiger partial charge in [-0.2, -0.15) is 0 Å². The van der Waals surface area contributed by atoms with E-state index in [1.54, 1.807) is 0 Å². The summed E-state index contributed by atoms with van der Waals surface area (Å²) in [6.45, 7) is 0.386. The number of carbonyl (C=O) groups is 1. The van der Waals surface area contributed by atoms with Gasteiger partial charge < -0.3 is 14.8 Å². The third-order valence-electron chi connectivity index (χ3n) is 1.14. The Morgan fingerprint density at radius 2 is 2.64 bits per heavy atom. The molecular formula is C6H8N2O3. The molecule has 11 heavy (non-hydrogen) atoms. The minimum atomic E-state index is -0.138. The Morgan fingerprint density at radius 1 is 1.82 bits per heavy atom. The lowest BCUT2D eigenvalue weighted by atomic mass is 10.5. The molecule has 1 heterocycles. The number of hydrogen-bond donors (Lipinski definition) is 2. The molecule has 0 aliphatic heterocycles. The van der Waals surface area contributed by atoms with Crippen LogP contribution in [0, 0.1) is 0 Å². The number of hydrogen-bond acceptors (Lipinski definition) is 4. The van der Waals surface area contributed by atoms with Crippen molar-refractivity contribution in [1.29, 1.82) is 0 Å². The summed E-state index contributed by atoms with van der Waals surface area (Å²) in [6, 6.07) is 0. The summed E-state index contributed by atoms with van der Waals surface area (Å²) in [5.41, 5.74) is 0.668. The fourth-order valence-corrected chi connectivity index (χ4v) is 0.683. The molecule has 5 heteroatoms. The van der Waals surface area contributed by atoms with E-state index in [2.05, 4.69) is 14.7 Å². The first-order valence-electron chi connectivity index (χ1n) is 3.05. The monoisotopic (exact) mass is 156 g/mol. The van der Waals surface area contributed by atoms with Crippen molar-refractivity contribution in [3.8, 4) is 0 Å². The van der Waals surface area contributed by atoms with Gasteiger partial charge in [0.25, 0.3) is 6.47 Å². The van der Waals surface area contributed by atoms with E-state index in [0.717, 1.165) is 0 Å². The standard InChI is InChI=1S/C6H8N2O3/c9-2-6-7-1-5(8-6)3-11-4-10/h1,4,9H,2-3H2,(H,7,8). The van der Waals surface area contributed by atoms with Gasteiger partial charge in [0.15, 0.2) is 0 Å². The number of H-pyrrole nitrogens is 1. The Kier molecular flexibility index (Phi) is 2.62. The van der Waals surface area contributed by atoms with Crippen molar-refractivity contribution >= 4 is 6.47 Å². The van der Waals surface area contributed by atoms with Crippen molar-refractivity contribution in [3.05, 3.63) is 17.7 Å². The summed E-state index contributed by atoms with van der Waals surface area (Å²) in [6.07, 6.45) is 1.51. The molecule has 0 aliphatic carbocycles. The maximum atomic E-state index is 9.75. The van der Waals surface area contributed by atoms with Gasteiger partial charge in [0, 0.05) is 0 Å². The fourth-order valence-electron chi connectivity index (χ4n) is 0.683. The normalized spacial score (nSPS) is 9.55. The summed E-state index contributed by atoms with van der Waals surface area (Å²) < 4.78 is 4.44. The number of nitrogens with zero attached hydrogens (tertiary/aromatic N) is 1. The molecular weight excluding hydrogens is 148 g/mol. The third kappa shape index (κ3) is 2.05. The number of ether oxygens (including phenoxy) is 1. The number of rotatable bonds is 4. The predicted molar refractivity (Wildman–Crippen MR) is 35.4 cm³/mol. The Morgan fingerprint density at radius 3 is 3.18 bits per heavy atom. The van der Waals surface area contributed by atoms with Gasteiger partial charge in [-0.25, -0.2) is 4.98 Å². The molecule has 0 aliphatic rings. The maximum Gasteiger partial charge on any atom is 0.293 e. The molecule has 0 aromatic carbocycles. The van der Waals surface area contributed by atoms with Crippen LogP contribution < -0.4 is 0 Å². The summed E-state index contributed by atoms with van der Waals surface area (Å²) in [5.74, 6) is 0.467. The molecule has 0 saturated heterocycles. The van der Waals surface area contributed by atoms with Crippen LogP contribution in [0.15, 0.2) is 6.20 Å². The molecule has 1 rings (SSSR count). The van der Waals surface area contributed by atoms with Crippen LogP contribution in [0.5, 0.6) is 0 Å². The average molecular weight is 156 g/mol. The van der Waals surface area contributed by atoms with E-state index in [1.165, 1.54) is 6.20 Å². The van der Waals surface area contributed by atoms with Crippen molar-refractivity contribution in [2.45, 2.75) is 13.2 Å². The van der Waals surface area contributed by atoms with Crippen LogP contribution in [0.2, 0.25) is 0 Å². The minimum absolute atomic E-state index is 0.138. The number of aliphatic hydroxyl groups is 1. The minimum Gasteiger partial charge on any atom is -0.461 e. The second-order valence-electron chi connectivity index (χ2n) is 1.92. The number of carbonyl (C=O) groups excluding carboxylic acids is 1. The molecule has 0 spiro atoms. The van der Waals surface area contributed by atoms with E-state index >= 15 is 0 Å². The highest BCUT2D eigenvalue weighted by Crippen LogP contribution is 1.97. The molecule has 5 nitrogen and oxygen atoms in total. The lowest BCUT2D eigenvalue weighted by Gasteiger charge is -1.92. The van der Waals surface area contributed by atoms with Crippen LogP contribution in [-0.4, -0.2) is 21.5 Å². The second kappa shape index (κ2) is 3.72. The molecule has 0 fully saturated rings. The molecule has 60 valence electrons. The zero-order chi connectivity index (χ0) is 8.10. The smallest absolute Gasteiger partial charge is 0.293 e. The number of aromatic amines is 1. The zero-order valence-corrected chi connectivity index (χ0v) is 5.78. The van der Waals surface area contributed by atoms with Crippen LogP contribution >= 0.6 is 0 Å². The summed E-state index contributed by atoms with van der Waals surface area (Å²) in [4.78, 5) is 16.3. The first-order chi connectivity index (χ1) is 5.36. The molecule has 0 bridgehead atoms. The quantitative estimate of drug-likeness (QED) is 0.580. The first-order valence-corrected chi connectivity index (χ1v) is 3.05. The highest BCUT2D eigenvalue weighted by atomic mass is 16.5. The van der Waals surface area contributed by atoms with Gasteiger partial charge in [-0.05, 0) is 0 Å². The lowest BCUT2D eigenvalue weighted by molar-refractivity contribution is -0.129.